The van der Waals surface area contributed by atoms with Crippen molar-refractivity contribution in [2.24, 2.45) is 0 Å². The lowest BCUT2D eigenvalue weighted by molar-refractivity contribution is 0.631. The van der Waals surface area contributed by atoms with Gasteiger partial charge in [-0.3, -0.25) is 4.98 Å². The molecule has 1 saturated heterocycles. The van der Waals surface area contributed by atoms with Gasteiger partial charge in [0.05, 0.1) is 5.52 Å². The van der Waals surface area contributed by atoms with Crippen LogP contribution in [0.4, 0.5) is 5.69 Å². The number of para-hydroxylation sites is 1. The molecule has 4 aromatic rings. The Hall–Kier alpha value is -2.81. The molecular weight excluding hydrogens is 308 g/mol. The van der Waals surface area contributed by atoms with E-state index in [1.165, 1.54) is 23.9 Å². The normalized spacial score (nSPS) is 14.7. The van der Waals surface area contributed by atoms with E-state index in [9.17, 15) is 0 Å². The van der Waals surface area contributed by atoms with Gasteiger partial charge in [-0.25, -0.2) is 0 Å². The summed E-state index contributed by atoms with van der Waals surface area (Å²) < 4.78 is 6.03. The van der Waals surface area contributed by atoms with Crippen molar-refractivity contribution in [3.05, 3.63) is 60.3 Å². The minimum absolute atomic E-state index is 0.897. The molecule has 0 saturated carbocycles. The molecule has 0 N–H and O–H groups in total. The van der Waals surface area contributed by atoms with Crippen LogP contribution in [-0.4, -0.2) is 18.1 Å². The summed E-state index contributed by atoms with van der Waals surface area (Å²) in [5.74, 6) is 0.897. The van der Waals surface area contributed by atoms with Gasteiger partial charge in [0.1, 0.15) is 11.3 Å². The summed E-state index contributed by atoms with van der Waals surface area (Å²) in [5, 5.41) is 2.36. The Bertz CT molecular complexity index is 1040. The number of pyridine rings is 1. The van der Waals surface area contributed by atoms with E-state index in [1.807, 2.05) is 18.2 Å². The fourth-order valence-corrected chi connectivity index (χ4v) is 3.84. The largest absolute Gasteiger partial charge is 0.456 e. The maximum atomic E-state index is 6.03. The highest BCUT2D eigenvalue weighted by molar-refractivity contribution is 5.95. The van der Waals surface area contributed by atoms with Crippen molar-refractivity contribution in [2.45, 2.75) is 19.8 Å². The van der Waals surface area contributed by atoms with E-state index < -0.39 is 0 Å². The lowest BCUT2D eigenvalue weighted by Crippen LogP contribution is -2.18. The monoisotopic (exact) mass is 328 g/mol. The minimum Gasteiger partial charge on any atom is -0.456 e. The van der Waals surface area contributed by atoms with Crippen LogP contribution in [0.2, 0.25) is 0 Å². The molecule has 25 heavy (non-hydrogen) atoms. The van der Waals surface area contributed by atoms with Gasteiger partial charge < -0.3 is 9.32 Å². The molecule has 3 heterocycles. The second kappa shape index (κ2) is 5.62. The molecule has 0 atom stereocenters. The van der Waals surface area contributed by atoms with Gasteiger partial charge >= 0.3 is 0 Å². The van der Waals surface area contributed by atoms with Crippen LogP contribution in [0.25, 0.3) is 33.2 Å². The van der Waals surface area contributed by atoms with Crippen LogP contribution in [0.15, 0.2) is 59.0 Å². The summed E-state index contributed by atoms with van der Waals surface area (Å²) in [6, 6.07) is 18.9. The van der Waals surface area contributed by atoms with Crippen molar-refractivity contribution in [3.8, 4) is 11.3 Å². The van der Waals surface area contributed by atoms with Gasteiger partial charge in [-0.15, -0.1) is 0 Å². The molecule has 0 unspecified atom stereocenters. The van der Waals surface area contributed by atoms with Gasteiger partial charge in [-0.1, -0.05) is 24.3 Å². The van der Waals surface area contributed by atoms with Crippen molar-refractivity contribution < 1.29 is 4.42 Å². The Labute approximate surface area is 146 Å². The maximum Gasteiger partial charge on any atom is 0.135 e. The molecule has 5 rings (SSSR count). The van der Waals surface area contributed by atoms with Crippen molar-refractivity contribution in [1.29, 1.82) is 0 Å². The number of aromatic nitrogens is 1. The highest BCUT2D eigenvalue weighted by atomic mass is 16.3. The lowest BCUT2D eigenvalue weighted by Gasteiger charge is -2.20. The SMILES string of the molecule is Cc1cc(N2CCCC2)c2ccc(-c3cc4ccccc4o3)cc2n1. The molecule has 0 aliphatic carbocycles. The fraction of sp³-hybridized carbons (Fsp3) is 0.227. The van der Waals surface area contributed by atoms with Crippen LogP contribution in [-0.2, 0) is 0 Å². The first-order chi connectivity index (χ1) is 12.3. The molecule has 2 aromatic heterocycles. The smallest absolute Gasteiger partial charge is 0.135 e. The number of hydrogen-bond donors (Lipinski definition) is 0. The number of hydrogen-bond acceptors (Lipinski definition) is 3. The average molecular weight is 328 g/mol. The Balaban J connectivity index is 1.66. The van der Waals surface area contributed by atoms with Gasteiger partial charge in [0.25, 0.3) is 0 Å². The molecule has 1 fully saturated rings. The first-order valence-corrected chi connectivity index (χ1v) is 8.93. The lowest BCUT2D eigenvalue weighted by atomic mass is 10.1. The summed E-state index contributed by atoms with van der Waals surface area (Å²) in [4.78, 5) is 7.26. The molecule has 0 bridgehead atoms. The van der Waals surface area contributed by atoms with E-state index in [4.69, 9.17) is 9.40 Å². The highest BCUT2D eigenvalue weighted by Crippen LogP contribution is 2.34. The quantitative estimate of drug-likeness (QED) is 0.482. The van der Waals surface area contributed by atoms with Crippen molar-refractivity contribution in [2.75, 3.05) is 18.0 Å². The third-order valence-electron chi connectivity index (χ3n) is 5.07. The topological polar surface area (TPSA) is 29.3 Å². The van der Waals surface area contributed by atoms with Gasteiger partial charge in [0.15, 0.2) is 0 Å². The second-order valence-corrected chi connectivity index (χ2v) is 6.86. The Kier molecular flexibility index (Phi) is 3.27. The number of furan rings is 1. The third-order valence-corrected chi connectivity index (χ3v) is 5.07. The second-order valence-electron chi connectivity index (χ2n) is 6.86. The first-order valence-electron chi connectivity index (χ1n) is 8.93. The highest BCUT2D eigenvalue weighted by Gasteiger charge is 2.16. The number of nitrogens with zero attached hydrogens (tertiary/aromatic N) is 2. The molecule has 0 radical (unpaired) electrons. The van der Waals surface area contributed by atoms with Crippen LogP contribution in [0.1, 0.15) is 18.5 Å². The number of fused-ring (bicyclic) bond motifs is 2. The van der Waals surface area contributed by atoms with Crippen LogP contribution in [0, 0.1) is 6.92 Å². The van der Waals surface area contributed by atoms with Crippen LogP contribution < -0.4 is 4.90 Å². The number of benzene rings is 2. The molecule has 3 nitrogen and oxygen atoms in total. The number of aryl methyl sites for hydroxylation is 1. The molecule has 0 amide bonds. The average Bonchev–Trinajstić information content (AvgIpc) is 3.30. The fourth-order valence-electron chi connectivity index (χ4n) is 3.84. The summed E-state index contributed by atoms with van der Waals surface area (Å²) in [6.45, 7) is 4.36. The Morgan fingerprint density at radius 3 is 2.64 bits per heavy atom. The van der Waals surface area contributed by atoms with Crippen LogP contribution in [0.5, 0.6) is 0 Å². The maximum absolute atomic E-state index is 6.03. The van der Waals surface area contributed by atoms with Gasteiger partial charge in [-0.05, 0) is 50.1 Å². The molecule has 1 aliphatic heterocycles. The van der Waals surface area contributed by atoms with E-state index >= 15 is 0 Å². The molecule has 124 valence electrons. The first kappa shape index (κ1) is 14.5. The molecule has 3 heteroatoms. The third kappa shape index (κ3) is 2.47. The summed E-state index contributed by atoms with van der Waals surface area (Å²) in [7, 11) is 0. The molecule has 1 aliphatic rings. The summed E-state index contributed by atoms with van der Waals surface area (Å²) in [6.07, 6.45) is 2.56. The van der Waals surface area contributed by atoms with Gasteiger partial charge in [-0.2, -0.15) is 0 Å². The standard InChI is InChI=1S/C22H20N2O/c1-15-12-20(24-10-4-5-11-24)18-9-8-17(13-19(18)23-15)22-14-16-6-2-3-7-21(16)25-22/h2-3,6-9,12-14H,4-5,10-11H2,1H3. The van der Waals surface area contributed by atoms with E-state index in [1.54, 1.807) is 0 Å². The van der Waals surface area contributed by atoms with Crippen molar-refractivity contribution in [3.63, 3.8) is 0 Å². The zero-order chi connectivity index (χ0) is 16.8. The number of anilines is 1. The van der Waals surface area contributed by atoms with Crippen molar-refractivity contribution in [1.82, 2.24) is 4.98 Å². The zero-order valence-electron chi connectivity index (χ0n) is 14.3. The molecular formula is C22H20N2O. The van der Waals surface area contributed by atoms with E-state index in [0.717, 1.165) is 46.6 Å². The Morgan fingerprint density at radius 2 is 1.80 bits per heavy atom. The van der Waals surface area contributed by atoms with Crippen LogP contribution >= 0.6 is 0 Å². The summed E-state index contributed by atoms with van der Waals surface area (Å²) >= 11 is 0. The van der Waals surface area contributed by atoms with E-state index in [-0.39, 0.29) is 0 Å². The Morgan fingerprint density at radius 1 is 0.960 bits per heavy atom. The van der Waals surface area contributed by atoms with Gasteiger partial charge in [0, 0.05) is 40.8 Å². The summed E-state index contributed by atoms with van der Waals surface area (Å²) in [5.41, 5.74) is 5.42. The predicted molar refractivity (Wildman–Crippen MR) is 103 cm³/mol. The number of rotatable bonds is 2. The minimum atomic E-state index is 0.897. The van der Waals surface area contributed by atoms with Crippen LogP contribution in [0.3, 0.4) is 0 Å². The predicted octanol–water partition coefficient (Wildman–Crippen LogP) is 5.56. The molecule has 0 spiro atoms. The molecule has 2 aromatic carbocycles. The van der Waals surface area contributed by atoms with Crippen molar-refractivity contribution >= 4 is 27.6 Å². The zero-order valence-corrected chi connectivity index (χ0v) is 14.3. The van der Waals surface area contributed by atoms with E-state index in [2.05, 4.69) is 48.2 Å². The van der Waals surface area contributed by atoms with Gasteiger partial charge in [0.2, 0.25) is 0 Å². The van der Waals surface area contributed by atoms with E-state index in [0.29, 0.717) is 0 Å².